The van der Waals surface area contributed by atoms with Crippen molar-refractivity contribution in [1.29, 1.82) is 0 Å². The number of nitrogens with one attached hydrogen (secondary N) is 2. The van der Waals surface area contributed by atoms with E-state index in [9.17, 15) is 19.2 Å². The fourth-order valence-corrected chi connectivity index (χ4v) is 1.72. The Kier molecular flexibility index (Phi) is 7.45. The van der Waals surface area contributed by atoms with Gasteiger partial charge in [0.05, 0.1) is 0 Å². The highest BCUT2D eigenvalue weighted by molar-refractivity contribution is 5.94. The predicted molar refractivity (Wildman–Crippen MR) is 83.0 cm³/mol. The van der Waals surface area contributed by atoms with Crippen LogP contribution < -0.4 is 15.4 Å². The summed E-state index contributed by atoms with van der Waals surface area (Å²) in [7, 11) is 0. The first-order chi connectivity index (χ1) is 10.9. The molecule has 124 valence electrons. The van der Waals surface area contributed by atoms with Crippen molar-refractivity contribution in [3.8, 4) is 5.75 Å². The highest BCUT2D eigenvalue weighted by atomic mass is 16.5. The van der Waals surface area contributed by atoms with E-state index in [2.05, 4.69) is 10.6 Å². The van der Waals surface area contributed by atoms with Gasteiger partial charge in [-0.3, -0.25) is 14.4 Å². The van der Waals surface area contributed by atoms with E-state index in [-0.39, 0.29) is 43.5 Å². The molecular formula is C16H20N2O5. The van der Waals surface area contributed by atoms with Gasteiger partial charge >= 0.3 is 5.97 Å². The highest BCUT2D eigenvalue weighted by Gasteiger charge is 2.08. The largest absolute Gasteiger partial charge is 0.427 e. The van der Waals surface area contributed by atoms with Gasteiger partial charge in [-0.15, -0.1) is 0 Å². The van der Waals surface area contributed by atoms with Gasteiger partial charge in [0, 0.05) is 38.4 Å². The van der Waals surface area contributed by atoms with Gasteiger partial charge in [-0.05, 0) is 25.1 Å². The first kappa shape index (κ1) is 18.3. The van der Waals surface area contributed by atoms with Gasteiger partial charge in [-0.2, -0.15) is 0 Å². The van der Waals surface area contributed by atoms with Crippen LogP contribution in [0.5, 0.6) is 5.75 Å². The smallest absolute Gasteiger partial charge is 0.308 e. The van der Waals surface area contributed by atoms with E-state index < -0.39 is 5.97 Å². The summed E-state index contributed by atoms with van der Waals surface area (Å²) in [5.41, 5.74) is 0.353. The molecule has 0 unspecified atom stereocenters. The van der Waals surface area contributed by atoms with Crippen LogP contribution in [0.3, 0.4) is 0 Å². The van der Waals surface area contributed by atoms with Crippen LogP contribution >= 0.6 is 0 Å². The zero-order valence-electron chi connectivity index (χ0n) is 13.2. The lowest BCUT2D eigenvalue weighted by Gasteiger charge is -2.08. The van der Waals surface area contributed by atoms with Gasteiger partial charge in [-0.1, -0.05) is 6.07 Å². The number of rotatable bonds is 8. The molecule has 1 aromatic carbocycles. The SMILES string of the molecule is CC(=O)CCC(=O)NCCNC(=O)c1cccc(OC(C)=O)c1. The third-order valence-corrected chi connectivity index (χ3v) is 2.79. The number of hydrogen-bond donors (Lipinski definition) is 2. The van der Waals surface area contributed by atoms with E-state index >= 15 is 0 Å². The van der Waals surface area contributed by atoms with Crippen molar-refractivity contribution >= 4 is 23.6 Å². The average molecular weight is 320 g/mol. The van der Waals surface area contributed by atoms with Crippen LogP contribution in [0.25, 0.3) is 0 Å². The van der Waals surface area contributed by atoms with Crippen molar-refractivity contribution in [2.45, 2.75) is 26.7 Å². The van der Waals surface area contributed by atoms with E-state index in [1.165, 1.54) is 19.9 Å². The molecule has 0 aliphatic carbocycles. The molecule has 0 fully saturated rings. The molecule has 0 aliphatic rings. The van der Waals surface area contributed by atoms with Gasteiger partial charge in [0.25, 0.3) is 5.91 Å². The Hall–Kier alpha value is -2.70. The Morgan fingerprint density at radius 1 is 1.00 bits per heavy atom. The minimum atomic E-state index is -0.462. The molecule has 7 nitrogen and oxygen atoms in total. The van der Waals surface area contributed by atoms with Crippen molar-refractivity contribution in [2.24, 2.45) is 0 Å². The Morgan fingerprint density at radius 3 is 2.35 bits per heavy atom. The van der Waals surface area contributed by atoms with Crippen molar-refractivity contribution in [3.63, 3.8) is 0 Å². The first-order valence-electron chi connectivity index (χ1n) is 7.21. The Labute approximate surface area is 134 Å². The number of ether oxygens (including phenoxy) is 1. The third-order valence-electron chi connectivity index (χ3n) is 2.79. The molecule has 2 amide bonds. The van der Waals surface area contributed by atoms with Crippen LogP contribution in [0.15, 0.2) is 24.3 Å². The lowest BCUT2D eigenvalue weighted by atomic mass is 10.2. The quantitative estimate of drug-likeness (QED) is 0.419. The number of amides is 2. The summed E-state index contributed by atoms with van der Waals surface area (Å²) in [4.78, 5) is 44.9. The maximum atomic E-state index is 11.9. The summed E-state index contributed by atoms with van der Waals surface area (Å²) in [6, 6.07) is 6.24. The number of Topliss-reactive ketones (excluding diaryl/α,β-unsaturated/α-hetero) is 1. The number of benzene rings is 1. The van der Waals surface area contributed by atoms with Gasteiger partial charge in [0.15, 0.2) is 0 Å². The molecule has 7 heteroatoms. The molecule has 1 rings (SSSR count). The van der Waals surface area contributed by atoms with E-state index in [0.717, 1.165) is 0 Å². The van der Waals surface area contributed by atoms with Crippen molar-refractivity contribution in [1.82, 2.24) is 10.6 Å². The monoisotopic (exact) mass is 320 g/mol. The Balaban J connectivity index is 2.35. The molecule has 0 spiro atoms. The summed E-state index contributed by atoms with van der Waals surface area (Å²) in [5, 5.41) is 5.25. The second-order valence-corrected chi connectivity index (χ2v) is 4.93. The molecular weight excluding hydrogens is 300 g/mol. The summed E-state index contributed by atoms with van der Waals surface area (Å²) < 4.78 is 4.90. The van der Waals surface area contributed by atoms with Gasteiger partial charge in [0.2, 0.25) is 5.91 Å². The Morgan fingerprint density at radius 2 is 1.70 bits per heavy atom. The third kappa shape index (κ3) is 7.75. The van der Waals surface area contributed by atoms with Crippen molar-refractivity contribution in [2.75, 3.05) is 13.1 Å². The van der Waals surface area contributed by atoms with Crippen LogP contribution in [0.2, 0.25) is 0 Å². The van der Waals surface area contributed by atoms with Gasteiger partial charge in [-0.25, -0.2) is 0 Å². The van der Waals surface area contributed by atoms with Crippen LogP contribution in [0.4, 0.5) is 0 Å². The Bertz CT molecular complexity index is 598. The molecule has 0 radical (unpaired) electrons. The summed E-state index contributed by atoms with van der Waals surface area (Å²) in [5.74, 6) is -0.775. The summed E-state index contributed by atoms with van der Waals surface area (Å²) >= 11 is 0. The maximum Gasteiger partial charge on any atom is 0.308 e. The molecule has 0 atom stereocenters. The second-order valence-electron chi connectivity index (χ2n) is 4.93. The lowest BCUT2D eigenvalue weighted by Crippen LogP contribution is -2.34. The number of carbonyl (C=O) groups excluding carboxylic acids is 4. The van der Waals surface area contributed by atoms with Crippen molar-refractivity contribution < 1.29 is 23.9 Å². The zero-order valence-corrected chi connectivity index (χ0v) is 13.2. The molecule has 2 N–H and O–H groups in total. The molecule has 0 saturated heterocycles. The number of ketones is 1. The van der Waals surface area contributed by atoms with E-state index in [4.69, 9.17) is 4.74 Å². The topological polar surface area (TPSA) is 102 Å². The van der Waals surface area contributed by atoms with Crippen molar-refractivity contribution in [3.05, 3.63) is 29.8 Å². The number of hydrogen-bond acceptors (Lipinski definition) is 5. The first-order valence-corrected chi connectivity index (χ1v) is 7.21. The lowest BCUT2D eigenvalue weighted by molar-refractivity contribution is -0.131. The highest BCUT2D eigenvalue weighted by Crippen LogP contribution is 2.13. The van der Waals surface area contributed by atoms with Crippen LogP contribution in [-0.2, 0) is 14.4 Å². The maximum absolute atomic E-state index is 11.9. The fourth-order valence-electron chi connectivity index (χ4n) is 1.72. The predicted octanol–water partition coefficient (Wildman–Crippen LogP) is 0.827. The molecule has 23 heavy (non-hydrogen) atoms. The van der Waals surface area contributed by atoms with Gasteiger partial charge < -0.3 is 20.2 Å². The molecule has 0 saturated carbocycles. The molecule has 0 aromatic heterocycles. The number of carbonyl (C=O) groups is 4. The van der Waals surface area contributed by atoms with Gasteiger partial charge in [0.1, 0.15) is 11.5 Å². The summed E-state index contributed by atoms with van der Waals surface area (Å²) in [6.45, 7) is 3.23. The molecule has 0 heterocycles. The average Bonchev–Trinajstić information content (AvgIpc) is 2.49. The molecule has 0 aliphatic heterocycles. The second kappa shape index (κ2) is 9.34. The molecule has 0 bridgehead atoms. The minimum Gasteiger partial charge on any atom is -0.427 e. The van der Waals surface area contributed by atoms with Crippen LogP contribution in [0, 0.1) is 0 Å². The van der Waals surface area contributed by atoms with E-state index in [1.54, 1.807) is 18.2 Å². The van der Waals surface area contributed by atoms with Crippen LogP contribution in [-0.4, -0.2) is 36.7 Å². The summed E-state index contributed by atoms with van der Waals surface area (Å²) in [6.07, 6.45) is 0.356. The number of esters is 1. The zero-order chi connectivity index (χ0) is 17.2. The molecule has 1 aromatic rings. The fraction of sp³-hybridized carbons (Fsp3) is 0.375. The normalized spacial score (nSPS) is 9.83. The van der Waals surface area contributed by atoms with Crippen LogP contribution in [0.1, 0.15) is 37.0 Å². The minimum absolute atomic E-state index is 0.0406. The van der Waals surface area contributed by atoms with E-state index in [0.29, 0.717) is 11.3 Å². The van der Waals surface area contributed by atoms with E-state index in [1.807, 2.05) is 0 Å². The standard InChI is InChI=1S/C16H20N2O5/c1-11(19)6-7-15(21)17-8-9-18-16(22)13-4-3-5-14(10-13)23-12(2)20/h3-5,10H,6-9H2,1-2H3,(H,17,21)(H,18,22).